The highest BCUT2D eigenvalue weighted by Gasteiger charge is 2.31. The van der Waals surface area contributed by atoms with Crippen LogP contribution in [0.15, 0.2) is 35.4 Å². The Labute approximate surface area is 162 Å². The van der Waals surface area contributed by atoms with Gasteiger partial charge in [-0.1, -0.05) is 34.2 Å². The van der Waals surface area contributed by atoms with Gasteiger partial charge in [-0.05, 0) is 30.7 Å². The highest BCUT2D eigenvalue weighted by Crippen LogP contribution is 2.30. The molecular weight excluding hydrogens is 487 g/mol. The Balaban J connectivity index is 2.73. The molecule has 1 aromatic heterocycles. The highest BCUT2D eigenvalue weighted by molar-refractivity contribution is 14.1. The van der Waals surface area contributed by atoms with Crippen molar-refractivity contribution in [2.45, 2.75) is 16.2 Å². The number of rotatable bonds is 6. The Hall–Kier alpha value is -1.66. The van der Waals surface area contributed by atoms with E-state index in [1.165, 1.54) is 18.3 Å². The van der Waals surface area contributed by atoms with Crippen LogP contribution >= 0.6 is 34.2 Å². The second-order valence-corrected chi connectivity index (χ2v) is 7.74. The zero-order valence-corrected chi connectivity index (χ0v) is 16.5. The number of alkyl halides is 1. The molecule has 0 aliphatic rings. The van der Waals surface area contributed by atoms with Crippen LogP contribution in [0.5, 0.6) is 0 Å². The standard InChI is InChI=1S/C14H12ClIN2O6S/c1-2-24-14(19)12-5-9(7-16)8-17(12)25(22,23)13-6-10(15)3-4-11(13)18(20)21/h3-6,8H,2,7H2,1H3. The van der Waals surface area contributed by atoms with E-state index < -0.39 is 31.5 Å². The number of aromatic nitrogens is 1. The van der Waals surface area contributed by atoms with Crippen molar-refractivity contribution in [2.75, 3.05) is 6.61 Å². The second-order valence-electron chi connectivity index (χ2n) is 4.76. The monoisotopic (exact) mass is 498 g/mol. The largest absolute Gasteiger partial charge is 0.461 e. The Morgan fingerprint density at radius 3 is 2.64 bits per heavy atom. The smallest absolute Gasteiger partial charge is 0.356 e. The number of carbonyl (C=O) groups excluding carboxylic acids is 1. The SMILES string of the molecule is CCOC(=O)c1cc(CI)cn1S(=O)(=O)c1cc(Cl)ccc1[N+](=O)[O-]. The van der Waals surface area contributed by atoms with E-state index in [1.54, 1.807) is 6.92 Å². The van der Waals surface area contributed by atoms with Gasteiger partial charge in [0.2, 0.25) is 0 Å². The highest BCUT2D eigenvalue weighted by atomic mass is 127. The summed E-state index contributed by atoms with van der Waals surface area (Å²) in [7, 11) is -4.43. The van der Waals surface area contributed by atoms with Crippen molar-refractivity contribution >= 4 is 55.9 Å². The topological polar surface area (TPSA) is 109 Å². The van der Waals surface area contributed by atoms with Gasteiger partial charge in [-0.15, -0.1) is 0 Å². The van der Waals surface area contributed by atoms with Crippen LogP contribution in [0.3, 0.4) is 0 Å². The number of ether oxygens (including phenoxy) is 1. The molecular formula is C14H12ClIN2O6S. The molecule has 8 nitrogen and oxygen atoms in total. The Kier molecular flexibility index (Phi) is 6.06. The Morgan fingerprint density at radius 1 is 1.40 bits per heavy atom. The molecule has 2 aromatic rings. The number of halogens is 2. The number of nitro groups is 1. The fraction of sp³-hybridized carbons (Fsp3) is 0.214. The molecule has 0 N–H and O–H groups in total. The predicted molar refractivity (Wildman–Crippen MR) is 98.8 cm³/mol. The zero-order chi connectivity index (χ0) is 18.8. The molecule has 11 heteroatoms. The lowest BCUT2D eigenvalue weighted by Gasteiger charge is -2.10. The first-order chi connectivity index (χ1) is 11.7. The lowest BCUT2D eigenvalue weighted by atomic mass is 10.3. The maximum Gasteiger partial charge on any atom is 0.356 e. The molecule has 2 rings (SSSR count). The minimum Gasteiger partial charge on any atom is -0.461 e. The van der Waals surface area contributed by atoms with Crippen LogP contribution in [0.1, 0.15) is 23.0 Å². The summed E-state index contributed by atoms with van der Waals surface area (Å²) in [5.41, 5.74) is -0.316. The summed E-state index contributed by atoms with van der Waals surface area (Å²) >= 11 is 7.81. The van der Waals surface area contributed by atoms with Gasteiger partial charge in [-0.3, -0.25) is 10.1 Å². The van der Waals surface area contributed by atoms with Crippen LogP contribution in [0, 0.1) is 10.1 Å². The molecule has 0 bridgehead atoms. The molecule has 0 unspecified atom stereocenters. The van der Waals surface area contributed by atoms with Gasteiger partial charge in [-0.2, -0.15) is 0 Å². The Morgan fingerprint density at radius 2 is 2.08 bits per heavy atom. The van der Waals surface area contributed by atoms with Crippen LogP contribution in [0.2, 0.25) is 5.02 Å². The van der Waals surface area contributed by atoms with Crippen LogP contribution in [-0.2, 0) is 19.2 Å². The molecule has 0 aliphatic carbocycles. The minimum atomic E-state index is -4.43. The molecule has 0 radical (unpaired) electrons. The number of esters is 1. The van der Waals surface area contributed by atoms with Crippen molar-refractivity contribution in [1.29, 1.82) is 0 Å². The fourth-order valence-electron chi connectivity index (χ4n) is 2.07. The third kappa shape index (κ3) is 3.96. The van der Waals surface area contributed by atoms with Crippen molar-refractivity contribution in [1.82, 2.24) is 3.97 Å². The average Bonchev–Trinajstić information content (AvgIpc) is 3.00. The molecule has 134 valence electrons. The van der Waals surface area contributed by atoms with Gasteiger partial charge in [0, 0.05) is 21.7 Å². The number of nitro benzene ring substituents is 1. The molecule has 0 aliphatic heterocycles. The second kappa shape index (κ2) is 7.70. The van der Waals surface area contributed by atoms with Crippen molar-refractivity contribution in [3.8, 4) is 0 Å². The lowest BCUT2D eigenvalue weighted by Crippen LogP contribution is -2.20. The summed E-state index contributed by atoms with van der Waals surface area (Å²) < 4.78 is 31.9. The number of hydrogen-bond donors (Lipinski definition) is 0. The van der Waals surface area contributed by atoms with E-state index in [1.807, 2.05) is 22.6 Å². The van der Waals surface area contributed by atoms with Gasteiger partial charge in [0.05, 0.1) is 11.5 Å². The van der Waals surface area contributed by atoms with E-state index in [0.29, 0.717) is 14.0 Å². The van der Waals surface area contributed by atoms with Gasteiger partial charge in [0.1, 0.15) is 5.69 Å². The summed E-state index contributed by atoms with van der Waals surface area (Å²) in [6.45, 7) is 1.64. The van der Waals surface area contributed by atoms with E-state index in [2.05, 4.69) is 0 Å². The third-order valence-electron chi connectivity index (χ3n) is 3.14. The van der Waals surface area contributed by atoms with Crippen LogP contribution in [0.25, 0.3) is 0 Å². The molecule has 0 spiro atoms. The maximum atomic E-state index is 13.0. The molecule has 1 aromatic carbocycles. The quantitative estimate of drug-likeness (QED) is 0.199. The van der Waals surface area contributed by atoms with Gasteiger partial charge < -0.3 is 4.74 Å². The normalized spacial score (nSPS) is 11.3. The molecule has 0 saturated heterocycles. The number of benzene rings is 1. The summed E-state index contributed by atoms with van der Waals surface area (Å²) in [5, 5.41) is 11.2. The summed E-state index contributed by atoms with van der Waals surface area (Å²) in [4.78, 5) is 21.8. The number of nitrogens with zero attached hydrogens (tertiary/aromatic N) is 2. The van der Waals surface area contributed by atoms with E-state index >= 15 is 0 Å². The average molecular weight is 499 g/mol. The molecule has 0 fully saturated rings. The lowest BCUT2D eigenvalue weighted by molar-refractivity contribution is -0.387. The molecule has 1 heterocycles. The first kappa shape index (κ1) is 19.7. The molecule has 0 saturated carbocycles. The first-order valence-corrected chi connectivity index (χ1v) is 10.2. The molecule has 25 heavy (non-hydrogen) atoms. The van der Waals surface area contributed by atoms with Crippen molar-refractivity contribution < 1.29 is 22.9 Å². The van der Waals surface area contributed by atoms with E-state index in [0.717, 1.165) is 12.1 Å². The van der Waals surface area contributed by atoms with Gasteiger partial charge in [-0.25, -0.2) is 17.2 Å². The van der Waals surface area contributed by atoms with Crippen LogP contribution in [0.4, 0.5) is 5.69 Å². The number of carbonyl (C=O) groups is 1. The third-order valence-corrected chi connectivity index (χ3v) is 5.96. The molecule has 0 amide bonds. The fourth-order valence-corrected chi connectivity index (χ4v) is 4.28. The van der Waals surface area contributed by atoms with Crippen molar-refractivity contribution in [3.05, 3.63) is 56.9 Å². The van der Waals surface area contributed by atoms with Crippen molar-refractivity contribution in [2.24, 2.45) is 0 Å². The predicted octanol–water partition coefficient (Wildman–Crippen LogP) is 3.40. The first-order valence-electron chi connectivity index (χ1n) is 6.86. The van der Waals surface area contributed by atoms with Crippen molar-refractivity contribution in [3.63, 3.8) is 0 Å². The van der Waals surface area contributed by atoms with E-state index in [4.69, 9.17) is 16.3 Å². The van der Waals surface area contributed by atoms with E-state index in [-0.39, 0.29) is 17.3 Å². The minimum absolute atomic E-state index is 0.0168. The summed E-state index contributed by atoms with van der Waals surface area (Å²) in [5.74, 6) is -0.841. The van der Waals surface area contributed by atoms with Gasteiger partial charge in [0.15, 0.2) is 4.90 Å². The van der Waals surface area contributed by atoms with Gasteiger partial charge in [0.25, 0.3) is 15.7 Å². The molecule has 0 atom stereocenters. The maximum absolute atomic E-state index is 13.0. The summed E-state index contributed by atoms with van der Waals surface area (Å²) in [6, 6.07) is 4.57. The number of hydrogen-bond acceptors (Lipinski definition) is 6. The summed E-state index contributed by atoms with van der Waals surface area (Å²) in [6.07, 6.45) is 1.23. The van der Waals surface area contributed by atoms with Crippen LogP contribution in [-0.4, -0.2) is 29.9 Å². The van der Waals surface area contributed by atoms with E-state index in [9.17, 15) is 23.3 Å². The van der Waals surface area contributed by atoms with Crippen LogP contribution < -0.4 is 0 Å². The Bertz CT molecular complexity index is 941. The van der Waals surface area contributed by atoms with Gasteiger partial charge >= 0.3 is 5.97 Å². The zero-order valence-electron chi connectivity index (χ0n) is 12.8.